The number of aliphatic hydroxyl groups is 1. The van der Waals surface area contributed by atoms with Gasteiger partial charge in [0.05, 0.1) is 0 Å². The van der Waals surface area contributed by atoms with E-state index in [-0.39, 0.29) is 5.91 Å². The molecule has 3 N–H and O–H groups in total. The van der Waals surface area contributed by atoms with Crippen molar-refractivity contribution in [2.45, 2.75) is 51.4 Å². The highest BCUT2D eigenvalue weighted by atomic mass is 16.2. The smallest absolute Gasteiger partial charge is 0.244 e. The molecule has 88 valence electrons. The molecule has 3 nitrogen and oxygen atoms in total. The molecule has 0 fully saturated rings. The lowest BCUT2D eigenvalue weighted by molar-refractivity contribution is -0.114. The molecule has 0 saturated heterocycles. The molecule has 1 amide bonds. The number of aliphatic hydroxyl groups excluding tert-OH is 1. The lowest BCUT2D eigenvalue weighted by atomic mass is 10.1. The molecule has 0 aromatic carbocycles. The zero-order chi connectivity index (χ0) is 11.5. The third kappa shape index (κ3) is 9.47. The monoisotopic (exact) mass is 213 g/mol. The van der Waals surface area contributed by atoms with E-state index in [1.807, 2.05) is 0 Å². The summed E-state index contributed by atoms with van der Waals surface area (Å²) in [4.78, 5) is 10.6. The van der Waals surface area contributed by atoms with E-state index < -0.39 is 0 Å². The van der Waals surface area contributed by atoms with Crippen LogP contribution in [0.3, 0.4) is 0 Å². The Morgan fingerprint density at radius 3 is 1.93 bits per heavy atom. The maximum Gasteiger partial charge on any atom is 0.244 e. The second kappa shape index (κ2) is 9.71. The zero-order valence-corrected chi connectivity index (χ0v) is 9.50. The number of primary amides is 1. The van der Waals surface area contributed by atoms with E-state index in [1.54, 1.807) is 0 Å². The van der Waals surface area contributed by atoms with Crippen molar-refractivity contribution in [3.05, 3.63) is 12.2 Å². The average molecular weight is 213 g/mol. The highest BCUT2D eigenvalue weighted by Gasteiger charge is 2.00. The molecule has 0 spiro atoms. The summed E-state index contributed by atoms with van der Waals surface area (Å²) in [5, 5.41) is 8.57. The van der Waals surface area contributed by atoms with Crippen LogP contribution in [0.15, 0.2) is 12.2 Å². The summed E-state index contributed by atoms with van der Waals surface area (Å²) in [6, 6.07) is 0. The first-order chi connectivity index (χ1) is 7.18. The molecular formula is C12H23NO2. The van der Waals surface area contributed by atoms with Gasteiger partial charge in [0.1, 0.15) is 0 Å². The largest absolute Gasteiger partial charge is 0.396 e. The van der Waals surface area contributed by atoms with Gasteiger partial charge in [0.2, 0.25) is 5.91 Å². The van der Waals surface area contributed by atoms with Crippen LogP contribution in [0.25, 0.3) is 0 Å². The molecular weight excluding hydrogens is 190 g/mol. The topological polar surface area (TPSA) is 63.3 Å². The van der Waals surface area contributed by atoms with Crippen LogP contribution in [0.1, 0.15) is 51.4 Å². The van der Waals surface area contributed by atoms with Crippen molar-refractivity contribution >= 4 is 5.91 Å². The molecule has 0 aromatic heterocycles. The van der Waals surface area contributed by atoms with E-state index in [9.17, 15) is 4.79 Å². The molecule has 0 radical (unpaired) electrons. The van der Waals surface area contributed by atoms with Gasteiger partial charge in [-0.15, -0.1) is 0 Å². The van der Waals surface area contributed by atoms with E-state index in [4.69, 9.17) is 10.8 Å². The predicted octanol–water partition coefficient (Wildman–Crippen LogP) is 2.14. The van der Waals surface area contributed by atoms with Crippen LogP contribution < -0.4 is 5.73 Å². The second-order valence-corrected chi connectivity index (χ2v) is 3.92. The summed E-state index contributed by atoms with van der Waals surface area (Å²) in [6.07, 6.45) is 8.49. The van der Waals surface area contributed by atoms with Gasteiger partial charge in [-0.25, -0.2) is 0 Å². The standard InChI is InChI=1S/C12H23NO2/c1-11(12(13)15)9-7-5-3-2-4-6-8-10-14/h14H,1-10H2,(H2,13,15). The summed E-state index contributed by atoms with van der Waals surface area (Å²) >= 11 is 0. The Hall–Kier alpha value is -0.830. The normalized spacial score (nSPS) is 10.2. The first-order valence-electron chi connectivity index (χ1n) is 5.77. The van der Waals surface area contributed by atoms with Crippen molar-refractivity contribution in [2.75, 3.05) is 6.61 Å². The van der Waals surface area contributed by atoms with Crippen LogP contribution in [-0.2, 0) is 4.79 Å². The number of carbonyl (C=O) groups excluding carboxylic acids is 1. The number of amides is 1. The Bertz CT molecular complexity index is 190. The van der Waals surface area contributed by atoms with E-state index in [1.165, 1.54) is 19.3 Å². The van der Waals surface area contributed by atoms with Crippen LogP contribution in [0.2, 0.25) is 0 Å². The lowest BCUT2D eigenvalue weighted by Crippen LogP contribution is -2.12. The third-order valence-electron chi connectivity index (χ3n) is 2.49. The van der Waals surface area contributed by atoms with Crippen molar-refractivity contribution in [1.29, 1.82) is 0 Å². The van der Waals surface area contributed by atoms with Gasteiger partial charge in [-0.3, -0.25) is 4.79 Å². The van der Waals surface area contributed by atoms with E-state index in [0.717, 1.165) is 32.1 Å². The molecule has 0 heterocycles. The van der Waals surface area contributed by atoms with Gasteiger partial charge >= 0.3 is 0 Å². The molecule has 15 heavy (non-hydrogen) atoms. The summed E-state index contributed by atoms with van der Waals surface area (Å²) in [6.45, 7) is 3.91. The van der Waals surface area contributed by atoms with Crippen molar-refractivity contribution in [3.63, 3.8) is 0 Å². The zero-order valence-electron chi connectivity index (χ0n) is 9.50. The summed E-state index contributed by atoms with van der Waals surface area (Å²) in [7, 11) is 0. The number of hydrogen-bond donors (Lipinski definition) is 2. The SMILES string of the molecule is C=C(CCCCCCCCCO)C(N)=O. The fourth-order valence-electron chi connectivity index (χ4n) is 1.46. The van der Waals surface area contributed by atoms with Gasteiger partial charge in [0.25, 0.3) is 0 Å². The number of unbranched alkanes of at least 4 members (excludes halogenated alkanes) is 6. The third-order valence-corrected chi connectivity index (χ3v) is 2.49. The van der Waals surface area contributed by atoms with Crippen molar-refractivity contribution in [3.8, 4) is 0 Å². The van der Waals surface area contributed by atoms with Gasteiger partial charge in [-0.2, -0.15) is 0 Å². The number of nitrogens with two attached hydrogens (primary N) is 1. The molecule has 0 aliphatic heterocycles. The fraction of sp³-hybridized carbons (Fsp3) is 0.750. The predicted molar refractivity (Wildman–Crippen MR) is 62.4 cm³/mol. The highest BCUT2D eigenvalue weighted by molar-refractivity contribution is 5.91. The minimum Gasteiger partial charge on any atom is -0.396 e. The number of carbonyl (C=O) groups is 1. The molecule has 3 heteroatoms. The second-order valence-electron chi connectivity index (χ2n) is 3.92. The van der Waals surface area contributed by atoms with E-state index >= 15 is 0 Å². The Labute approximate surface area is 92.4 Å². The lowest BCUT2D eigenvalue weighted by Gasteiger charge is -2.02. The minimum atomic E-state index is -0.377. The van der Waals surface area contributed by atoms with Crippen LogP contribution >= 0.6 is 0 Å². The molecule has 0 saturated carbocycles. The molecule has 0 aliphatic rings. The number of hydrogen-bond acceptors (Lipinski definition) is 2. The van der Waals surface area contributed by atoms with Crippen LogP contribution in [0, 0.1) is 0 Å². The fourth-order valence-corrected chi connectivity index (χ4v) is 1.46. The van der Waals surface area contributed by atoms with E-state index in [2.05, 4.69) is 6.58 Å². The summed E-state index contributed by atoms with van der Waals surface area (Å²) in [5.41, 5.74) is 5.61. The molecule has 0 aromatic rings. The van der Waals surface area contributed by atoms with Gasteiger partial charge in [-0.05, 0) is 19.3 Å². The summed E-state index contributed by atoms with van der Waals surface area (Å²) in [5.74, 6) is -0.377. The average Bonchev–Trinajstić information content (AvgIpc) is 2.21. The molecule has 0 aliphatic carbocycles. The Morgan fingerprint density at radius 1 is 1.00 bits per heavy atom. The molecule has 0 rings (SSSR count). The quantitative estimate of drug-likeness (QED) is 0.431. The Balaban J connectivity index is 3.11. The summed E-state index contributed by atoms with van der Waals surface area (Å²) < 4.78 is 0. The first-order valence-corrected chi connectivity index (χ1v) is 5.77. The maximum absolute atomic E-state index is 10.6. The molecule has 0 atom stereocenters. The van der Waals surface area contributed by atoms with Crippen LogP contribution in [-0.4, -0.2) is 17.6 Å². The van der Waals surface area contributed by atoms with Gasteiger partial charge in [0, 0.05) is 12.2 Å². The highest BCUT2D eigenvalue weighted by Crippen LogP contribution is 2.10. The van der Waals surface area contributed by atoms with Crippen molar-refractivity contribution < 1.29 is 9.90 Å². The van der Waals surface area contributed by atoms with Crippen molar-refractivity contribution in [2.24, 2.45) is 5.73 Å². The van der Waals surface area contributed by atoms with Gasteiger partial charge in [-0.1, -0.05) is 38.7 Å². The van der Waals surface area contributed by atoms with Crippen LogP contribution in [0.4, 0.5) is 0 Å². The maximum atomic E-state index is 10.6. The van der Waals surface area contributed by atoms with Crippen molar-refractivity contribution in [1.82, 2.24) is 0 Å². The van der Waals surface area contributed by atoms with Crippen LogP contribution in [0.5, 0.6) is 0 Å². The van der Waals surface area contributed by atoms with Gasteiger partial charge < -0.3 is 10.8 Å². The first kappa shape index (κ1) is 14.2. The van der Waals surface area contributed by atoms with Gasteiger partial charge in [0.15, 0.2) is 0 Å². The Kier molecular flexibility index (Phi) is 9.18. The molecule has 0 unspecified atom stereocenters. The van der Waals surface area contributed by atoms with E-state index in [0.29, 0.717) is 12.2 Å². The Morgan fingerprint density at radius 2 is 1.47 bits per heavy atom. The molecule has 0 bridgehead atoms. The minimum absolute atomic E-state index is 0.304. The number of rotatable bonds is 10.